The first-order valence-electron chi connectivity index (χ1n) is 12.0. The third-order valence-electron chi connectivity index (χ3n) is 6.77. The highest BCUT2D eigenvalue weighted by Gasteiger charge is 2.38. The number of methoxy groups -OCH3 is 1. The van der Waals surface area contributed by atoms with Gasteiger partial charge in [-0.15, -0.1) is 0 Å². The molecule has 0 aromatic heterocycles. The smallest absolute Gasteiger partial charge is 0.407 e. The van der Waals surface area contributed by atoms with E-state index in [1.807, 2.05) is 36.4 Å². The second-order valence-electron chi connectivity index (χ2n) is 8.74. The summed E-state index contributed by atoms with van der Waals surface area (Å²) >= 11 is 0. The van der Waals surface area contributed by atoms with Crippen LogP contribution in [0.2, 0.25) is 0 Å². The van der Waals surface area contributed by atoms with E-state index in [0.717, 1.165) is 22.3 Å². The lowest BCUT2D eigenvalue weighted by molar-refractivity contribution is -0.148. The van der Waals surface area contributed by atoms with E-state index in [-0.39, 0.29) is 31.8 Å². The number of carboxylic acid groups (broad SMARTS) is 1. The average molecular weight is 483 g/mol. The number of fused-ring (bicyclic) bond motifs is 3. The zero-order valence-corrected chi connectivity index (χ0v) is 20.5. The maximum atomic E-state index is 13.0. The summed E-state index contributed by atoms with van der Waals surface area (Å²) in [5.74, 6) is -1.76. The van der Waals surface area contributed by atoms with Crippen LogP contribution < -0.4 is 10.6 Å². The second kappa shape index (κ2) is 11.8. The molecule has 0 fully saturated rings. The fourth-order valence-electron chi connectivity index (χ4n) is 4.59. The number of carboxylic acids is 1. The molecule has 0 radical (unpaired) electrons. The summed E-state index contributed by atoms with van der Waals surface area (Å²) in [4.78, 5) is 37.6. The number of nitrogens with one attached hydrogen (secondary N) is 2. The van der Waals surface area contributed by atoms with E-state index in [0.29, 0.717) is 13.0 Å². The first-order chi connectivity index (χ1) is 16.9. The molecule has 2 aromatic rings. The molecule has 2 amide bonds. The first kappa shape index (κ1) is 26.2. The lowest BCUT2D eigenvalue weighted by Crippen LogP contribution is -2.59. The minimum Gasteiger partial charge on any atom is -0.480 e. The molecule has 1 unspecified atom stereocenters. The Morgan fingerprint density at radius 2 is 1.57 bits per heavy atom. The molecule has 3 N–H and O–H groups in total. The predicted molar refractivity (Wildman–Crippen MR) is 132 cm³/mol. The van der Waals surface area contributed by atoms with E-state index in [4.69, 9.17) is 9.47 Å². The minimum absolute atomic E-state index is 0.103. The Hall–Kier alpha value is -3.39. The fraction of sp³-hybridized carbons (Fsp3) is 0.444. The Morgan fingerprint density at radius 1 is 1.00 bits per heavy atom. The van der Waals surface area contributed by atoms with E-state index in [9.17, 15) is 19.5 Å². The number of alkyl carbamates (subject to hydrolysis) is 1. The number of rotatable bonds is 12. The molecule has 1 atom stereocenters. The molecule has 188 valence electrons. The third-order valence-corrected chi connectivity index (χ3v) is 6.77. The van der Waals surface area contributed by atoms with Gasteiger partial charge in [0.1, 0.15) is 18.2 Å². The summed E-state index contributed by atoms with van der Waals surface area (Å²) in [6.07, 6.45) is 0.517. The lowest BCUT2D eigenvalue weighted by atomic mass is 9.92. The first-order valence-corrected chi connectivity index (χ1v) is 12.0. The molecule has 0 saturated heterocycles. The lowest BCUT2D eigenvalue weighted by Gasteiger charge is -2.30. The second-order valence-corrected chi connectivity index (χ2v) is 8.74. The normalized spacial score (nSPS) is 13.5. The van der Waals surface area contributed by atoms with E-state index >= 15 is 0 Å². The molecule has 8 heteroatoms. The van der Waals surface area contributed by atoms with Crippen molar-refractivity contribution in [3.8, 4) is 11.1 Å². The Morgan fingerprint density at radius 3 is 2.09 bits per heavy atom. The van der Waals surface area contributed by atoms with Crippen molar-refractivity contribution in [2.45, 2.75) is 57.0 Å². The van der Waals surface area contributed by atoms with Crippen molar-refractivity contribution in [1.29, 1.82) is 0 Å². The van der Waals surface area contributed by atoms with Gasteiger partial charge >= 0.3 is 12.1 Å². The molecule has 0 aliphatic heterocycles. The van der Waals surface area contributed by atoms with E-state index in [1.54, 1.807) is 21.0 Å². The number of hydrogen-bond donors (Lipinski definition) is 3. The van der Waals surface area contributed by atoms with E-state index in [2.05, 4.69) is 22.8 Å². The quantitative estimate of drug-likeness (QED) is 0.393. The molecule has 2 aromatic carbocycles. The maximum Gasteiger partial charge on any atom is 0.407 e. The number of carbonyl (C=O) groups is 3. The van der Waals surface area contributed by atoms with Crippen LogP contribution in [0.5, 0.6) is 0 Å². The number of amides is 2. The molecule has 1 aliphatic rings. The summed E-state index contributed by atoms with van der Waals surface area (Å²) in [5, 5.41) is 14.9. The van der Waals surface area contributed by atoms with Crippen LogP contribution in [-0.4, -0.2) is 55.0 Å². The van der Waals surface area contributed by atoms with Crippen molar-refractivity contribution in [2.75, 3.05) is 20.3 Å². The monoisotopic (exact) mass is 482 g/mol. The largest absolute Gasteiger partial charge is 0.480 e. The number of ether oxygens (including phenoxy) is 2. The molecule has 0 heterocycles. The molecule has 35 heavy (non-hydrogen) atoms. The van der Waals surface area contributed by atoms with E-state index < -0.39 is 29.6 Å². The highest BCUT2D eigenvalue weighted by molar-refractivity contribution is 5.91. The predicted octanol–water partition coefficient (Wildman–Crippen LogP) is 4.08. The molecular formula is C27H34N2O6. The van der Waals surface area contributed by atoms with Crippen molar-refractivity contribution < 1.29 is 29.0 Å². The fourth-order valence-corrected chi connectivity index (χ4v) is 4.59. The molecule has 0 saturated carbocycles. The average Bonchev–Trinajstić information content (AvgIpc) is 3.19. The van der Waals surface area contributed by atoms with Gasteiger partial charge in [0.15, 0.2) is 0 Å². The van der Waals surface area contributed by atoms with Crippen molar-refractivity contribution in [2.24, 2.45) is 0 Å². The van der Waals surface area contributed by atoms with Crippen LogP contribution >= 0.6 is 0 Å². The van der Waals surface area contributed by atoms with Crippen LogP contribution in [0.3, 0.4) is 0 Å². The van der Waals surface area contributed by atoms with Gasteiger partial charge in [-0.2, -0.15) is 0 Å². The highest BCUT2D eigenvalue weighted by atomic mass is 16.5. The van der Waals surface area contributed by atoms with Gasteiger partial charge in [0.2, 0.25) is 5.91 Å². The van der Waals surface area contributed by atoms with Gasteiger partial charge in [0.05, 0.1) is 0 Å². The van der Waals surface area contributed by atoms with Gasteiger partial charge in [-0.1, -0.05) is 62.4 Å². The maximum absolute atomic E-state index is 13.0. The summed E-state index contributed by atoms with van der Waals surface area (Å²) in [7, 11) is 1.55. The van der Waals surface area contributed by atoms with Gasteiger partial charge in [0.25, 0.3) is 0 Å². The summed E-state index contributed by atoms with van der Waals surface area (Å²) in [5.41, 5.74) is 3.04. The number of carbonyl (C=O) groups excluding carboxylic acids is 2. The summed E-state index contributed by atoms with van der Waals surface area (Å²) in [6.45, 7) is 3.94. The number of aliphatic carboxylic acids is 1. The van der Waals surface area contributed by atoms with Crippen LogP contribution in [0.25, 0.3) is 11.1 Å². The van der Waals surface area contributed by atoms with Crippen LogP contribution in [-0.2, 0) is 19.1 Å². The molecule has 0 spiro atoms. The summed E-state index contributed by atoms with van der Waals surface area (Å²) < 4.78 is 10.6. The Kier molecular flexibility index (Phi) is 8.87. The third kappa shape index (κ3) is 5.82. The Labute approximate surface area is 206 Å². The SMILES string of the molecule is CCC(CC)(NC(=O)C(CCCOC)NC(=O)OCC1c2ccccc2-c2ccccc21)C(=O)O. The Bertz CT molecular complexity index is 1000. The van der Waals surface area contributed by atoms with Crippen molar-refractivity contribution >= 4 is 18.0 Å². The van der Waals surface area contributed by atoms with Gasteiger partial charge in [0, 0.05) is 19.6 Å². The van der Waals surface area contributed by atoms with Gasteiger partial charge in [-0.05, 0) is 47.9 Å². The minimum atomic E-state index is -1.39. The topological polar surface area (TPSA) is 114 Å². The van der Waals surface area contributed by atoms with E-state index in [1.165, 1.54) is 0 Å². The van der Waals surface area contributed by atoms with Crippen molar-refractivity contribution in [3.63, 3.8) is 0 Å². The van der Waals surface area contributed by atoms with Crippen molar-refractivity contribution in [1.82, 2.24) is 10.6 Å². The van der Waals surface area contributed by atoms with Crippen LogP contribution in [0.15, 0.2) is 48.5 Å². The molecular weight excluding hydrogens is 448 g/mol. The van der Waals surface area contributed by atoms with Crippen LogP contribution in [0.1, 0.15) is 56.6 Å². The highest BCUT2D eigenvalue weighted by Crippen LogP contribution is 2.44. The number of benzene rings is 2. The molecule has 3 rings (SSSR count). The standard InChI is InChI=1S/C27H34N2O6/c1-4-27(5-2,25(31)32)29-24(30)23(15-10-16-34-3)28-26(33)35-17-22-20-13-8-6-11-18(20)19-12-7-9-14-21(19)22/h6-9,11-14,22-23H,4-5,10,15-17H2,1-3H3,(H,28,33)(H,29,30)(H,31,32). The zero-order valence-electron chi connectivity index (χ0n) is 20.5. The molecule has 0 bridgehead atoms. The van der Waals surface area contributed by atoms with Crippen molar-refractivity contribution in [3.05, 3.63) is 59.7 Å². The van der Waals surface area contributed by atoms with Gasteiger partial charge in [-0.3, -0.25) is 4.79 Å². The van der Waals surface area contributed by atoms with Gasteiger partial charge in [-0.25, -0.2) is 9.59 Å². The number of hydrogen-bond acceptors (Lipinski definition) is 5. The van der Waals surface area contributed by atoms with Crippen LogP contribution in [0, 0.1) is 0 Å². The Balaban J connectivity index is 1.69. The zero-order chi connectivity index (χ0) is 25.4. The van der Waals surface area contributed by atoms with Crippen LogP contribution in [0.4, 0.5) is 4.79 Å². The molecule has 1 aliphatic carbocycles. The molecule has 8 nitrogen and oxygen atoms in total. The van der Waals surface area contributed by atoms with Gasteiger partial charge < -0.3 is 25.2 Å². The summed E-state index contributed by atoms with van der Waals surface area (Å²) in [6, 6.07) is 15.1.